The van der Waals surface area contributed by atoms with Crippen LogP contribution in [0.25, 0.3) is 11.3 Å². The summed E-state index contributed by atoms with van der Waals surface area (Å²) in [7, 11) is 0. The Morgan fingerprint density at radius 3 is 2.45 bits per heavy atom. The third-order valence-corrected chi connectivity index (χ3v) is 3.53. The average Bonchev–Trinajstić information content (AvgIpc) is 2.86. The standard InChI is InChI=1S/C17H23N3O2/c1-13(20(16(21)22)17(2,3)4)12-19-11-10-15(18-19)14-8-6-5-7-9-14/h5-11,13H,12H2,1-4H3,(H,21,22). The maximum absolute atomic E-state index is 11.5. The van der Waals surface area contributed by atoms with E-state index in [0.29, 0.717) is 6.54 Å². The molecule has 1 N–H and O–H groups in total. The van der Waals surface area contributed by atoms with Crippen LogP contribution in [0.2, 0.25) is 0 Å². The maximum atomic E-state index is 11.5. The molecule has 0 radical (unpaired) electrons. The summed E-state index contributed by atoms with van der Waals surface area (Å²) in [6, 6.07) is 11.7. The Balaban J connectivity index is 2.14. The zero-order chi connectivity index (χ0) is 16.3. The first-order valence-corrected chi connectivity index (χ1v) is 7.40. The van der Waals surface area contributed by atoms with Gasteiger partial charge in [0.05, 0.1) is 18.3 Å². The van der Waals surface area contributed by atoms with Gasteiger partial charge in [0, 0.05) is 17.3 Å². The van der Waals surface area contributed by atoms with Crippen molar-refractivity contribution in [2.24, 2.45) is 0 Å². The molecule has 2 aromatic rings. The Labute approximate surface area is 131 Å². The van der Waals surface area contributed by atoms with E-state index in [1.807, 2.05) is 70.3 Å². The number of amides is 1. The minimum atomic E-state index is -0.907. The highest BCUT2D eigenvalue weighted by atomic mass is 16.4. The molecule has 0 aliphatic rings. The van der Waals surface area contributed by atoms with Gasteiger partial charge in [-0.25, -0.2) is 4.79 Å². The number of carboxylic acid groups (broad SMARTS) is 1. The average molecular weight is 301 g/mol. The van der Waals surface area contributed by atoms with Crippen LogP contribution < -0.4 is 0 Å². The quantitative estimate of drug-likeness (QED) is 0.936. The lowest BCUT2D eigenvalue weighted by molar-refractivity contribution is 0.0690. The van der Waals surface area contributed by atoms with Crippen LogP contribution in [-0.4, -0.2) is 37.5 Å². The second-order valence-corrected chi connectivity index (χ2v) is 6.46. The third-order valence-electron chi connectivity index (χ3n) is 3.53. The second kappa shape index (κ2) is 6.22. The Morgan fingerprint density at radius 1 is 1.27 bits per heavy atom. The fourth-order valence-electron chi connectivity index (χ4n) is 2.72. The van der Waals surface area contributed by atoms with Crippen LogP contribution in [0.4, 0.5) is 4.79 Å². The Kier molecular flexibility index (Phi) is 4.54. The lowest BCUT2D eigenvalue weighted by Crippen LogP contribution is -2.51. The SMILES string of the molecule is CC(Cn1ccc(-c2ccccc2)n1)N(C(=O)O)C(C)(C)C. The summed E-state index contributed by atoms with van der Waals surface area (Å²) in [5, 5.41) is 14.0. The third kappa shape index (κ3) is 3.67. The predicted octanol–water partition coefficient (Wildman–Crippen LogP) is 3.72. The number of carbonyl (C=O) groups is 1. The highest BCUT2D eigenvalue weighted by Crippen LogP contribution is 2.20. The molecule has 2 rings (SSSR count). The first kappa shape index (κ1) is 16.1. The lowest BCUT2D eigenvalue weighted by Gasteiger charge is -2.37. The van der Waals surface area contributed by atoms with Crippen molar-refractivity contribution in [3.8, 4) is 11.3 Å². The van der Waals surface area contributed by atoms with E-state index < -0.39 is 11.6 Å². The molecule has 0 saturated carbocycles. The van der Waals surface area contributed by atoms with Crippen molar-refractivity contribution in [1.29, 1.82) is 0 Å². The monoisotopic (exact) mass is 301 g/mol. The van der Waals surface area contributed by atoms with Gasteiger partial charge in [-0.05, 0) is 33.8 Å². The van der Waals surface area contributed by atoms with Gasteiger partial charge in [-0.3, -0.25) is 9.58 Å². The van der Waals surface area contributed by atoms with Crippen molar-refractivity contribution < 1.29 is 9.90 Å². The summed E-state index contributed by atoms with van der Waals surface area (Å²) in [4.78, 5) is 13.0. The molecule has 1 aromatic heterocycles. The molecule has 0 aliphatic heterocycles. The van der Waals surface area contributed by atoms with Gasteiger partial charge in [0.15, 0.2) is 0 Å². The van der Waals surface area contributed by atoms with Gasteiger partial charge in [-0.15, -0.1) is 0 Å². The van der Waals surface area contributed by atoms with Gasteiger partial charge in [0.25, 0.3) is 0 Å². The van der Waals surface area contributed by atoms with Crippen LogP contribution in [0, 0.1) is 0 Å². The maximum Gasteiger partial charge on any atom is 0.408 e. The molecule has 0 fully saturated rings. The number of nitrogens with zero attached hydrogens (tertiary/aromatic N) is 3. The summed E-state index contributed by atoms with van der Waals surface area (Å²) in [5.41, 5.74) is 1.51. The fourth-order valence-corrected chi connectivity index (χ4v) is 2.72. The van der Waals surface area contributed by atoms with Crippen molar-refractivity contribution in [3.05, 3.63) is 42.6 Å². The van der Waals surface area contributed by atoms with Crippen molar-refractivity contribution in [2.45, 2.75) is 45.8 Å². The van der Waals surface area contributed by atoms with Crippen molar-refractivity contribution >= 4 is 6.09 Å². The Morgan fingerprint density at radius 2 is 1.91 bits per heavy atom. The molecule has 0 aliphatic carbocycles. The van der Waals surface area contributed by atoms with Gasteiger partial charge in [0.2, 0.25) is 0 Å². The molecule has 5 nitrogen and oxygen atoms in total. The van der Waals surface area contributed by atoms with Crippen LogP contribution in [0.15, 0.2) is 42.6 Å². The van der Waals surface area contributed by atoms with Crippen LogP contribution >= 0.6 is 0 Å². The van der Waals surface area contributed by atoms with E-state index in [2.05, 4.69) is 5.10 Å². The van der Waals surface area contributed by atoms with Crippen molar-refractivity contribution in [3.63, 3.8) is 0 Å². The van der Waals surface area contributed by atoms with Crippen molar-refractivity contribution in [1.82, 2.24) is 14.7 Å². The highest BCUT2D eigenvalue weighted by molar-refractivity contribution is 5.66. The number of benzene rings is 1. The zero-order valence-corrected chi connectivity index (χ0v) is 13.5. The summed E-state index contributed by atoms with van der Waals surface area (Å²) >= 11 is 0. The molecule has 1 amide bonds. The van der Waals surface area contributed by atoms with E-state index in [4.69, 9.17) is 0 Å². The minimum Gasteiger partial charge on any atom is -0.465 e. The van der Waals surface area contributed by atoms with E-state index in [0.717, 1.165) is 11.3 Å². The van der Waals surface area contributed by atoms with Crippen LogP contribution in [0.3, 0.4) is 0 Å². The Bertz CT molecular complexity index is 629. The van der Waals surface area contributed by atoms with Gasteiger partial charge >= 0.3 is 6.09 Å². The second-order valence-electron chi connectivity index (χ2n) is 6.46. The molecule has 0 spiro atoms. The predicted molar refractivity (Wildman–Crippen MR) is 86.7 cm³/mol. The molecule has 1 heterocycles. The number of rotatable bonds is 4. The fraction of sp³-hybridized carbons (Fsp3) is 0.412. The lowest BCUT2D eigenvalue weighted by atomic mass is 10.0. The normalized spacial score (nSPS) is 12.9. The zero-order valence-electron chi connectivity index (χ0n) is 13.5. The largest absolute Gasteiger partial charge is 0.465 e. The summed E-state index contributed by atoms with van der Waals surface area (Å²) in [6.07, 6.45) is 0.983. The van der Waals surface area contributed by atoms with Gasteiger partial charge in [-0.2, -0.15) is 5.10 Å². The number of hydrogen-bond donors (Lipinski definition) is 1. The Hall–Kier alpha value is -2.30. The minimum absolute atomic E-state index is 0.166. The molecule has 1 aromatic carbocycles. The summed E-state index contributed by atoms with van der Waals surface area (Å²) in [6.45, 7) is 8.13. The van der Waals surface area contributed by atoms with Crippen LogP contribution in [0.5, 0.6) is 0 Å². The van der Waals surface area contributed by atoms with E-state index >= 15 is 0 Å². The van der Waals surface area contributed by atoms with E-state index in [1.165, 1.54) is 4.90 Å². The van der Waals surface area contributed by atoms with Crippen molar-refractivity contribution in [2.75, 3.05) is 0 Å². The molecule has 0 saturated heterocycles. The van der Waals surface area contributed by atoms with E-state index in [9.17, 15) is 9.90 Å². The summed E-state index contributed by atoms with van der Waals surface area (Å²) < 4.78 is 1.80. The van der Waals surface area contributed by atoms with Crippen LogP contribution in [0.1, 0.15) is 27.7 Å². The number of hydrogen-bond acceptors (Lipinski definition) is 2. The van der Waals surface area contributed by atoms with E-state index in [1.54, 1.807) is 4.68 Å². The van der Waals surface area contributed by atoms with Gasteiger partial charge < -0.3 is 5.11 Å². The molecule has 5 heteroatoms. The molecule has 22 heavy (non-hydrogen) atoms. The molecule has 1 unspecified atom stereocenters. The summed E-state index contributed by atoms with van der Waals surface area (Å²) in [5.74, 6) is 0. The van der Waals surface area contributed by atoms with E-state index in [-0.39, 0.29) is 6.04 Å². The molecule has 1 atom stereocenters. The first-order chi connectivity index (χ1) is 10.3. The number of aromatic nitrogens is 2. The topological polar surface area (TPSA) is 58.4 Å². The van der Waals surface area contributed by atoms with Gasteiger partial charge in [-0.1, -0.05) is 30.3 Å². The molecular formula is C17H23N3O2. The first-order valence-electron chi connectivity index (χ1n) is 7.40. The van der Waals surface area contributed by atoms with Crippen LogP contribution in [-0.2, 0) is 6.54 Å². The molecular weight excluding hydrogens is 278 g/mol. The van der Waals surface area contributed by atoms with Gasteiger partial charge in [0.1, 0.15) is 0 Å². The highest BCUT2D eigenvalue weighted by Gasteiger charge is 2.30. The smallest absolute Gasteiger partial charge is 0.408 e. The molecule has 0 bridgehead atoms. The molecule has 118 valence electrons.